The summed E-state index contributed by atoms with van der Waals surface area (Å²) in [7, 11) is 0. The molecule has 3 nitrogen and oxygen atoms in total. The zero-order valence-corrected chi connectivity index (χ0v) is 10.1. The molecule has 0 aromatic carbocycles. The molecule has 1 aromatic heterocycles. The molecule has 15 heavy (non-hydrogen) atoms. The van der Waals surface area contributed by atoms with Crippen LogP contribution in [0.2, 0.25) is 0 Å². The molecule has 0 radical (unpaired) electrons. The molecule has 1 aromatic rings. The molecule has 84 valence electrons. The predicted octanol–water partition coefficient (Wildman–Crippen LogP) is 2.41. The highest BCUT2D eigenvalue weighted by Crippen LogP contribution is 2.22. The molecule has 0 aliphatic carbocycles. The molecule has 1 fully saturated rings. The Morgan fingerprint density at radius 3 is 2.47 bits per heavy atom. The van der Waals surface area contributed by atoms with Crippen LogP contribution in [-0.4, -0.2) is 23.0 Å². The summed E-state index contributed by atoms with van der Waals surface area (Å²) in [4.78, 5) is 8.15. The second-order valence-corrected chi connectivity index (χ2v) is 5.37. The maximum Gasteiger partial charge on any atom is 0.180 e. The van der Waals surface area contributed by atoms with Gasteiger partial charge in [-0.05, 0) is 32.9 Å². The first kappa shape index (κ1) is 10.9. The fraction of sp³-hybridized carbons (Fsp3) is 0.727. The van der Waals surface area contributed by atoms with Crippen molar-refractivity contribution in [2.24, 2.45) is 0 Å². The number of hydrogen-bond acceptors (Lipinski definition) is 4. The lowest BCUT2D eigenvalue weighted by Crippen LogP contribution is -2.23. The Morgan fingerprint density at radius 2 is 1.93 bits per heavy atom. The minimum absolute atomic E-state index is 0.706. The van der Waals surface area contributed by atoms with Gasteiger partial charge >= 0.3 is 0 Å². The second kappa shape index (κ2) is 4.94. The standard InChI is InChI=1S/C11H19N3S/c1-9-10(15-11(12)13-9)8-14-6-4-2-3-5-7-14/h2-8H2,1H3,(H2,12,13). The van der Waals surface area contributed by atoms with Gasteiger partial charge in [-0.3, -0.25) is 4.90 Å². The van der Waals surface area contributed by atoms with Crippen molar-refractivity contribution in [1.82, 2.24) is 9.88 Å². The van der Waals surface area contributed by atoms with Crippen molar-refractivity contribution in [2.45, 2.75) is 39.2 Å². The molecule has 2 heterocycles. The van der Waals surface area contributed by atoms with E-state index in [1.165, 1.54) is 43.6 Å². The Hall–Kier alpha value is -0.610. The molecule has 0 unspecified atom stereocenters. The molecule has 1 aliphatic heterocycles. The summed E-state index contributed by atoms with van der Waals surface area (Å²) in [5.41, 5.74) is 6.82. The van der Waals surface area contributed by atoms with Gasteiger partial charge in [-0.15, -0.1) is 11.3 Å². The van der Waals surface area contributed by atoms with Gasteiger partial charge in [0.25, 0.3) is 0 Å². The van der Waals surface area contributed by atoms with Crippen LogP contribution in [0, 0.1) is 6.92 Å². The highest BCUT2D eigenvalue weighted by Gasteiger charge is 2.12. The van der Waals surface area contributed by atoms with E-state index >= 15 is 0 Å². The summed E-state index contributed by atoms with van der Waals surface area (Å²) in [6.45, 7) is 5.56. The number of hydrogen-bond donors (Lipinski definition) is 1. The lowest BCUT2D eigenvalue weighted by atomic mass is 10.2. The van der Waals surface area contributed by atoms with E-state index in [1.54, 1.807) is 11.3 Å². The largest absolute Gasteiger partial charge is 0.375 e. The van der Waals surface area contributed by atoms with Gasteiger partial charge in [-0.1, -0.05) is 12.8 Å². The van der Waals surface area contributed by atoms with Crippen molar-refractivity contribution in [3.63, 3.8) is 0 Å². The molecule has 2 N–H and O–H groups in total. The van der Waals surface area contributed by atoms with Crippen molar-refractivity contribution in [3.05, 3.63) is 10.6 Å². The fourth-order valence-corrected chi connectivity index (χ4v) is 2.97. The SMILES string of the molecule is Cc1nc(N)sc1CN1CCCCCC1. The van der Waals surface area contributed by atoms with Crippen LogP contribution < -0.4 is 5.73 Å². The maximum absolute atomic E-state index is 5.70. The molecule has 0 spiro atoms. The van der Waals surface area contributed by atoms with E-state index in [1.807, 2.05) is 0 Å². The summed E-state index contributed by atoms with van der Waals surface area (Å²) in [5, 5.41) is 0.706. The molecule has 0 bridgehead atoms. The second-order valence-electron chi connectivity index (χ2n) is 4.25. The predicted molar refractivity (Wildman–Crippen MR) is 65.0 cm³/mol. The zero-order valence-electron chi connectivity index (χ0n) is 9.33. The third-order valence-corrected chi connectivity index (χ3v) is 3.95. The van der Waals surface area contributed by atoms with E-state index in [-0.39, 0.29) is 0 Å². The number of nitrogens with zero attached hydrogens (tertiary/aromatic N) is 2. The van der Waals surface area contributed by atoms with Crippen LogP contribution in [0.25, 0.3) is 0 Å². The monoisotopic (exact) mass is 225 g/mol. The van der Waals surface area contributed by atoms with Crippen LogP contribution in [0.3, 0.4) is 0 Å². The van der Waals surface area contributed by atoms with Gasteiger partial charge in [0.05, 0.1) is 5.69 Å². The van der Waals surface area contributed by atoms with Gasteiger partial charge in [-0.25, -0.2) is 4.98 Å². The van der Waals surface area contributed by atoms with Crippen molar-refractivity contribution in [3.8, 4) is 0 Å². The minimum Gasteiger partial charge on any atom is -0.375 e. The van der Waals surface area contributed by atoms with E-state index in [9.17, 15) is 0 Å². The first-order valence-electron chi connectivity index (χ1n) is 5.70. The fourth-order valence-electron chi connectivity index (χ4n) is 2.09. The number of aromatic nitrogens is 1. The van der Waals surface area contributed by atoms with Gasteiger partial charge in [0.1, 0.15) is 0 Å². The Morgan fingerprint density at radius 1 is 1.27 bits per heavy atom. The normalized spacial score (nSPS) is 19.0. The molecular weight excluding hydrogens is 206 g/mol. The van der Waals surface area contributed by atoms with Crippen LogP contribution in [0.4, 0.5) is 5.13 Å². The summed E-state index contributed by atoms with van der Waals surface area (Å²) in [5.74, 6) is 0. The van der Waals surface area contributed by atoms with E-state index < -0.39 is 0 Å². The van der Waals surface area contributed by atoms with Crippen molar-refractivity contribution < 1.29 is 0 Å². The lowest BCUT2D eigenvalue weighted by Gasteiger charge is -2.18. The van der Waals surface area contributed by atoms with E-state index in [0.717, 1.165) is 12.2 Å². The zero-order chi connectivity index (χ0) is 10.7. The van der Waals surface area contributed by atoms with Crippen LogP contribution in [-0.2, 0) is 6.54 Å². The first-order chi connectivity index (χ1) is 7.25. The summed E-state index contributed by atoms with van der Waals surface area (Å²) >= 11 is 1.64. The number of nitrogens with two attached hydrogens (primary N) is 1. The molecule has 0 amide bonds. The van der Waals surface area contributed by atoms with E-state index in [0.29, 0.717) is 5.13 Å². The van der Waals surface area contributed by atoms with E-state index in [2.05, 4.69) is 16.8 Å². The number of nitrogen functional groups attached to an aromatic ring is 1. The van der Waals surface area contributed by atoms with Gasteiger partial charge in [0.2, 0.25) is 0 Å². The summed E-state index contributed by atoms with van der Waals surface area (Å²) < 4.78 is 0. The first-order valence-corrected chi connectivity index (χ1v) is 6.51. The molecule has 2 rings (SSSR count). The van der Waals surface area contributed by atoms with Crippen LogP contribution in [0.15, 0.2) is 0 Å². The smallest absolute Gasteiger partial charge is 0.180 e. The molecule has 0 saturated carbocycles. The third kappa shape index (κ3) is 2.92. The Labute approximate surface area is 95.3 Å². The Bertz CT molecular complexity index is 314. The molecule has 1 aliphatic rings. The molecular formula is C11H19N3S. The number of rotatable bonds is 2. The quantitative estimate of drug-likeness (QED) is 0.840. The highest BCUT2D eigenvalue weighted by atomic mass is 32.1. The van der Waals surface area contributed by atoms with Crippen molar-refractivity contribution >= 4 is 16.5 Å². The third-order valence-electron chi connectivity index (χ3n) is 2.98. The average molecular weight is 225 g/mol. The average Bonchev–Trinajstić information content (AvgIpc) is 2.44. The van der Waals surface area contributed by atoms with Gasteiger partial charge in [0, 0.05) is 11.4 Å². The van der Waals surface area contributed by atoms with Gasteiger partial charge in [-0.2, -0.15) is 0 Å². The van der Waals surface area contributed by atoms with Crippen molar-refractivity contribution in [1.29, 1.82) is 0 Å². The number of aryl methyl sites for hydroxylation is 1. The molecule has 1 saturated heterocycles. The van der Waals surface area contributed by atoms with Crippen LogP contribution in [0.5, 0.6) is 0 Å². The van der Waals surface area contributed by atoms with Crippen molar-refractivity contribution in [2.75, 3.05) is 18.8 Å². The number of anilines is 1. The maximum atomic E-state index is 5.70. The Kier molecular flexibility index (Phi) is 3.59. The number of likely N-dealkylation sites (tertiary alicyclic amines) is 1. The summed E-state index contributed by atoms with van der Waals surface area (Å²) in [6.07, 6.45) is 5.46. The van der Waals surface area contributed by atoms with Gasteiger partial charge in [0.15, 0.2) is 5.13 Å². The minimum atomic E-state index is 0.706. The molecule has 4 heteroatoms. The molecule has 0 atom stereocenters. The number of thiazole rings is 1. The Balaban J connectivity index is 1.97. The summed E-state index contributed by atoms with van der Waals surface area (Å²) in [6, 6.07) is 0. The van der Waals surface area contributed by atoms with Crippen LogP contribution >= 0.6 is 11.3 Å². The highest BCUT2D eigenvalue weighted by molar-refractivity contribution is 7.15. The van der Waals surface area contributed by atoms with Crippen LogP contribution in [0.1, 0.15) is 36.3 Å². The van der Waals surface area contributed by atoms with E-state index in [4.69, 9.17) is 5.73 Å². The topological polar surface area (TPSA) is 42.1 Å². The van der Waals surface area contributed by atoms with Gasteiger partial charge < -0.3 is 5.73 Å². The lowest BCUT2D eigenvalue weighted by molar-refractivity contribution is 0.278.